The van der Waals surface area contributed by atoms with Crippen LogP contribution in [0.4, 0.5) is 5.69 Å². The highest BCUT2D eigenvalue weighted by Crippen LogP contribution is 2.25. The molecule has 0 bridgehead atoms. The predicted molar refractivity (Wildman–Crippen MR) is 121 cm³/mol. The second kappa shape index (κ2) is 10.3. The van der Waals surface area contributed by atoms with Gasteiger partial charge in [0.05, 0.1) is 5.75 Å². The van der Waals surface area contributed by atoms with Crippen LogP contribution in [-0.4, -0.2) is 26.4 Å². The summed E-state index contributed by atoms with van der Waals surface area (Å²) in [5.74, 6) is 1.75. The van der Waals surface area contributed by atoms with Crippen LogP contribution in [0.5, 0.6) is 5.75 Å². The van der Waals surface area contributed by atoms with E-state index < -0.39 is 0 Å². The van der Waals surface area contributed by atoms with Crippen molar-refractivity contribution in [3.05, 3.63) is 65.5 Å². The highest BCUT2D eigenvalue weighted by Gasteiger charge is 2.19. The summed E-state index contributed by atoms with van der Waals surface area (Å²) in [4.78, 5) is 12.4. The van der Waals surface area contributed by atoms with Crippen LogP contribution in [0.15, 0.2) is 53.7 Å². The first-order chi connectivity index (χ1) is 14.5. The minimum atomic E-state index is -0.250. The number of thioether (sulfide) groups is 1. The van der Waals surface area contributed by atoms with Crippen LogP contribution < -0.4 is 10.1 Å². The molecule has 0 saturated heterocycles. The zero-order valence-electron chi connectivity index (χ0n) is 17.9. The molecule has 1 heterocycles. The van der Waals surface area contributed by atoms with Gasteiger partial charge in [-0.2, -0.15) is 0 Å². The zero-order chi connectivity index (χ0) is 21.5. The van der Waals surface area contributed by atoms with Crippen molar-refractivity contribution in [1.29, 1.82) is 0 Å². The highest BCUT2D eigenvalue weighted by molar-refractivity contribution is 7.99. The van der Waals surface area contributed by atoms with Crippen molar-refractivity contribution in [2.45, 2.75) is 51.9 Å². The monoisotopic (exact) mass is 424 g/mol. The Morgan fingerprint density at radius 3 is 2.57 bits per heavy atom. The summed E-state index contributed by atoms with van der Waals surface area (Å²) in [6.07, 6.45) is 0.621. The lowest BCUT2D eigenvalue weighted by atomic mass is 10.1. The number of benzene rings is 2. The molecule has 7 heteroatoms. The first kappa shape index (κ1) is 21.9. The van der Waals surface area contributed by atoms with Gasteiger partial charge in [-0.25, -0.2) is 0 Å². The normalized spacial score (nSPS) is 11.9. The summed E-state index contributed by atoms with van der Waals surface area (Å²) in [5.41, 5.74) is 3.17. The first-order valence-electron chi connectivity index (χ1n) is 10.2. The number of nitrogens with one attached hydrogen (secondary N) is 1. The second-order valence-electron chi connectivity index (χ2n) is 7.01. The number of hydrogen-bond donors (Lipinski definition) is 1. The third kappa shape index (κ3) is 5.42. The van der Waals surface area contributed by atoms with Crippen LogP contribution in [0, 0.1) is 6.92 Å². The van der Waals surface area contributed by atoms with Gasteiger partial charge in [-0.15, -0.1) is 10.2 Å². The number of carbonyl (C=O) groups excluding carboxylic acids is 1. The molecule has 6 nitrogen and oxygen atoms in total. The van der Waals surface area contributed by atoms with Gasteiger partial charge in [0.25, 0.3) is 0 Å². The number of rotatable bonds is 9. The molecular formula is C23H28N4O2S. The van der Waals surface area contributed by atoms with E-state index in [0.717, 1.165) is 29.2 Å². The van der Waals surface area contributed by atoms with Crippen molar-refractivity contribution in [1.82, 2.24) is 14.8 Å². The smallest absolute Gasteiger partial charge is 0.234 e. The molecule has 3 aromatic rings. The predicted octanol–water partition coefficient (Wildman–Crippen LogP) is 5.04. The Labute approximate surface area is 182 Å². The Morgan fingerprint density at radius 2 is 1.87 bits per heavy atom. The molecule has 0 spiro atoms. The molecule has 1 aromatic heterocycles. The molecule has 0 aliphatic rings. The summed E-state index contributed by atoms with van der Waals surface area (Å²) in [6, 6.07) is 15.8. The average Bonchev–Trinajstić information content (AvgIpc) is 3.17. The van der Waals surface area contributed by atoms with Crippen molar-refractivity contribution in [3.8, 4) is 5.75 Å². The van der Waals surface area contributed by atoms with Gasteiger partial charge >= 0.3 is 0 Å². The standard InChI is InChI=1S/C23H28N4O2S/c1-5-18-9-7-8-10-20(18)24-21(28)15-30-23-26-25-22(27(23)6-2)17(4)29-19-13-11-16(3)12-14-19/h7-14,17H,5-6,15H2,1-4H3,(H,24,28). The molecule has 0 aliphatic carbocycles. The van der Waals surface area contributed by atoms with Gasteiger partial charge in [0.2, 0.25) is 5.91 Å². The summed E-state index contributed by atoms with van der Waals surface area (Å²) in [6.45, 7) is 8.81. The number of amides is 1. The lowest BCUT2D eigenvalue weighted by molar-refractivity contribution is -0.113. The van der Waals surface area contributed by atoms with Crippen LogP contribution in [-0.2, 0) is 17.8 Å². The largest absolute Gasteiger partial charge is 0.483 e. The molecule has 158 valence electrons. The third-order valence-corrected chi connectivity index (χ3v) is 5.73. The SMILES string of the molecule is CCc1ccccc1NC(=O)CSc1nnc(C(C)Oc2ccc(C)cc2)n1CC. The fourth-order valence-electron chi connectivity index (χ4n) is 3.15. The fourth-order valence-corrected chi connectivity index (χ4v) is 3.95. The highest BCUT2D eigenvalue weighted by atomic mass is 32.2. The number of ether oxygens (including phenoxy) is 1. The Morgan fingerprint density at radius 1 is 1.13 bits per heavy atom. The second-order valence-corrected chi connectivity index (χ2v) is 7.95. The zero-order valence-corrected chi connectivity index (χ0v) is 18.7. The minimum Gasteiger partial charge on any atom is -0.483 e. The fraction of sp³-hybridized carbons (Fsp3) is 0.348. The average molecular weight is 425 g/mol. The van der Waals surface area contributed by atoms with Gasteiger partial charge < -0.3 is 14.6 Å². The number of aryl methyl sites for hydroxylation is 2. The Bertz CT molecular complexity index is 985. The maximum atomic E-state index is 12.4. The quantitative estimate of drug-likeness (QED) is 0.487. The number of para-hydroxylation sites is 1. The van der Waals surface area contributed by atoms with Crippen molar-refractivity contribution >= 4 is 23.4 Å². The van der Waals surface area contributed by atoms with Crippen LogP contribution in [0.2, 0.25) is 0 Å². The molecule has 1 unspecified atom stereocenters. The van der Waals surface area contributed by atoms with Gasteiger partial charge in [-0.1, -0.05) is 54.6 Å². The molecule has 0 saturated carbocycles. The van der Waals surface area contributed by atoms with E-state index in [-0.39, 0.29) is 17.8 Å². The van der Waals surface area contributed by atoms with E-state index in [9.17, 15) is 4.79 Å². The van der Waals surface area contributed by atoms with Crippen molar-refractivity contribution in [3.63, 3.8) is 0 Å². The van der Waals surface area contributed by atoms with Crippen LogP contribution >= 0.6 is 11.8 Å². The van der Waals surface area contributed by atoms with E-state index in [1.807, 2.05) is 73.9 Å². The molecular weight excluding hydrogens is 396 g/mol. The lowest BCUT2D eigenvalue weighted by Crippen LogP contribution is -2.16. The molecule has 30 heavy (non-hydrogen) atoms. The Hall–Kier alpha value is -2.80. The molecule has 1 atom stereocenters. The molecule has 2 aromatic carbocycles. The molecule has 0 radical (unpaired) electrons. The van der Waals surface area contributed by atoms with Crippen LogP contribution in [0.25, 0.3) is 0 Å². The van der Waals surface area contributed by atoms with E-state index in [4.69, 9.17) is 4.74 Å². The van der Waals surface area contributed by atoms with E-state index in [1.165, 1.54) is 17.3 Å². The molecule has 3 rings (SSSR count). The molecule has 0 fully saturated rings. The van der Waals surface area contributed by atoms with Gasteiger partial charge in [0.15, 0.2) is 17.1 Å². The number of aromatic nitrogens is 3. The van der Waals surface area contributed by atoms with Crippen molar-refractivity contribution in [2.24, 2.45) is 0 Å². The minimum absolute atomic E-state index is 0.0583. The molecule has 0 aliphatic heterocycles. The van der Waals surface area contributed by atoms with E-state index in [1.54, 1.807) is 0 Å². The van der Waals surface area contributed by atoms with E-state index >= 15 is 0 Å². The van der Waals surface area contributed by atoms with Crippen LogP contribution in [0.3, 0.4) is 0 Å². The van der Waals surface area contributed by atoms with Gasteiger partial charge in [-0.05, 0) is 51.0 Å². The third-order valence-electron chi connectivity index (χ3n) is 4.76. The van der Waals surface area contributed by atoms with Gasteiger partial charge in [0, 0.05) is 12.2 Å². The topological polar surface area (TPSA) is 69.0 Å². The lowest BCUT2D eigenvalue weighted by Gasteiger charge is -2.15. The maximum absolute atomic E-state index is 12.4. The summed E-state index contributed by atoms with van der Waals surface area (Å²) < 4.78 is 8.03. The number of carbonyl (C=O) groups is 1. The Kier molecular flexibility index (Phi) is 7.52. The summed E-state index contributed by atoms with van der Waals surface area (Å²) >= 11 is 1.38. The van der Waals surface area contributed by atoms with Crippen molar-refractivity contribution in [2.75, 3.05) is 11.1 Å². The number of hydrogen-bond acceptors (Lipinski definition) is 5. The first-order valence-corrected chi connectivity index (χ1v) is 11.2. The molecule has 1 N–H and O–H groups in total. The summed E-state index contributed by atoms with van der Waals surface area (Å²) in [5, 5.41) is 12.3. The van der Waals surface area contributed by atoms with Gasteiger partial charge in [-0.3, -0.25) is 4.79 Å². The van der Waals surface area contributed by atoms with Crippen LogP contribution in [0.1, 0.15) is 43.8 Å². The summed E-state index contributed by atoms with van der Waals surface area (Å²) in [7, 11) is 0. The van der Waals surface area contributed by atoms with E-state index in [0.29, 0.717) is 11.7 Å². The maximum Gasteiger partial charge on any atom is 0.234 e. The number of anilines is 1. The molecule has 1 amide bonds. The van der Waals surface area contributed by atoms with E-state index in [2.05, 4.69) is 22.4 Å². The number of nitrogens with zero attached hydrogens (tertiary/aromatic N) is 3. The Balaban J connectivity index is 1.63. The van der Waals surface area contributed by atoms with Crippen molar-refractivity contribution < 1.29 is 9.53 Å². The van der Waals surface area contributed by atoms with Gasteiger partial charge in [0.1, 0.15) is 5.75 Å².